The minimum atomic E-state index is -0.483. The Morgan fingerprint density at radius 1 is 1.18 bits per heavy atom. The van der Waals surface area contributed by atoms with Crippen LogP contribution in [0, 0.1) is 17.2 Å². The Kier molecular flexibility index (Phi) is 8.37. The predicted octanol–water partition coefficient (Wildman–Crippen LogP) is 4.88. The fraction of sp³-hybridized carbons (Fsp3) is 0.286. The molecule has 2 rings (SSSR count). The maximum absolute atomic E-state index is 12.6. The number of carbonyl (C=O) groups excluding carboxylic acids is 2. The smallest absolute Gasteiger partial charge is 0.314 e. The topological polar surface area (TPSA) is 79.2 Å². The van der Waals surface area contributed by atoms with E-state index in [4.69, 9.17) is 21.6 Å². The first-order chi connectivity index (χ1) is 13.4. The number of hydrogen-bond donors (Lipinski definition) is 1. The molecule has 0 spiro atoms. The third-order valence-electron chi connectivity index (χ3n) is 3.95. The molecule has 1 amide bonds. The fourth-order valence-corrected chi connectivity index (χ4v) is 3.48. The average molecular weight is 417 g/mol. The molecule has 1 atom stereocenters. The van der Waals surface area contributed by atoms with Crippen molar-refractivity contribution in [1.82, 2.24) is 0 Å². The summed E-state index contributed by atoms with van der Waals surface area (Å²) in [5.74, 6) is -1.10. The van der Waals surface area contributed by atoms with Crippen molar-refractivity contribution in [2.75, 3.05) is 17.7 Å². The van der Waals surface area contributed by atoms with E-state index in [2.05, 4.69) is 11.4 Å². The van der Waals surface area contributed by atoms with E-state index in [-0.39, 0.29) is 18.3 Å². The maximum atomic E-state index is 12.6. The molecule has 0 aliphatic carbocycles. The summed E-state index contributed by atoms with van der Waals surface area (Å²) in [6.07, 6.45) is 0. The van der Waals surface area contributed by atoms with Gasteiger partial charge in [0, 0.05) is 9.92 Å². The van der Waals surface area contributed by atoms with E-state index in [9.17, 15) is 9.59 Å². The van der Waals surface area contributed by atoms with Crippen LogP contribution in [0.25, 0.3) is 0 Å². The number of esters is 1. The summed E-state index contributed by atoms with van der Waals surface area (Å²) in [4.78, 5) is 25.6. The molecule has 2 aromatic carbocycles. The minimum absolute atomic E-state index is 0.000144. The van der Waals surface area contributed by atoms with Gasteiger partial charge in [-0.25, -0.2) is 0 Å². The third-order valence-corrected chi connectivity index (χ3v) is 5.14. The molecule has 0 bridgehead atoms. The van der Waals surface area contributed by atoms with Crippen LogP contribution in [-0.2, 0) is 14.3 Å². The predicted molar refractivity (Wildman–Crippen MR) is 111 cm³/mol. The van der Waals surface area contributed by atoms with Crippen molar-refractivity contribution in [3.8, 4) is 6.07 Å². The molecular formula is C21H21ClN2O3S. The number of thioether (sulfide) groups is 1. The van der Waals surface area contributed by atoms with E-state index >= 15 is 0 Å². The van der Waals surface area contributed by atoms with Gasteiger partial charge in [0.05, 0.1) is 23.4 Å². The monoisotopic (exact) mass is 416 g/mol. The number of rotatable bonds is 8. The molecule has 0 radical (unpaired) electrons. The number of benzene rings is 2. The van der Waals surface area contributed by atoms with Crippen LogP contribution in [0.5, 0.6) is 0 Å². The van der Waals surface area contributed by atoms with Gasteiger partial charge in [-0.15, -0.1) is 11.8 Å². The Bertz CT molecular complexity index is 863. The summed E-state index contributed by atoms with van der Waals surface area (Å²) in [7, 11) is 0. The van der Waals surface area contributed by atoms with Gasteiger partial charge in [0.2, 0.25) is 0 Å². The Morgan fingerprint density at radius 3 is 2.50 bits per heavy atom. The normalized spacial score (nSPS) is 11.5. The molecular weight excluding hydrogens is 396 g/mol. The van der Waals surface area contributed by atoms with Crippen LogP contribution in [0.3, 0.4) is 0 Å². The highest BCUT2D eigenvalue weighted by molar-refractivity contribution is 7.99. The van der Waals surface area contributed by atoms with E-state index in [1.807, 2.05) is 26.0 Å². The van der Waals surface area contributed by atoms with E-state index in [1.54, 1.807) is 36.4 Å². The SMILES string of the molecule is CC(C)[C@@H](C(=O)OCC(=O)Nc1ccccc1SCC#N)c1ccc(Cl)cc1. The number of nitrogens with one attached hydrogen (secondary N) is 1. The number of carbonyl (C=O) groups is 2. The molecule has 0 fully saturated rings. The molecule has 0 unspecified atom stereocenters. The second-order valence-corrected chi connectivity index (χ2v) is 7.83. The van der Waals surface area contributed by atoms with Crippen molar-refractivity contribution in [3.05, 3.63) is 59.1 Å². The number of para-hydroxylation sites is 1. The van der Waals surface area contributed by atoms with Crippen molar-refractivity contribution in [2.45, 2.75) is 24.7 Å². The Balaban J connectivity index is 1.98. The van der Waals surface area contributed by atoms with Gasteiger partial charge in [0.25, 0.3) is 5.91 Å². The molecule has 1 N–H and O–H groups in total. The molecule has 0 aliphatic heterocycles. The highest BCUT2D eigenvalue weighted by atomic mass is 35.5. The van der Waals surface area contributed by atoms with E-state index in [0.717, 1.165) is 10.5 Å². The molecule has 5 nitrogen and oxygen atoms in total. The van der Waals surface area contributed by atoms with Gasteiger partial charge < -0.3 is 10.1 Å². The van der Waals surface area contributed by atoms with Crippen LogP contribution < -0.4 is 5.32 Å². The summed E-state index contributed by atoms with van der Waals surface area (Å²) < 4.78 is 5.26. The number of hydrogen-bond acceptors (Lipinski definition) is 5. The lowest BCUT2D eigenvalue weighted by Gasteiger charge is -2.20. The number of nitrogens with zero attached hydrogens (tertiary/aromatic N) is 1. The largest absolute Gasteiger partial charge is 0.455 e. The maximum Gasteiger partial charge on any atom is 0.314 e. The zero-order chi connectivity index (χ0) is 20.5. The summed E-state index contributed by atoms with van der Waals surface area (Å²) in [6, 6.07) is 16.2. The number of anilines is 1. The molecule has 0 saturated carbocycles. The van der Waals surface area contributed by atoms with Gasteiger partial charge in [-0.2, -0.15) is 5.26 Å². The summed E-state index contributed by atoms with van der Waals surface area (Å²) in [5.41, 5.74) is 1.38. The second-order valence-electron chi connectivity index (χ2n) is 6.37. The number of nitriles is 1. The van der Waals surface area contributed by atoms with Crippen molar-refractivity contribution in [2.24, 2.45) is 5.92 Å². The Morgan fingerprint density at radius 2 is 1.86 bits per heavy atom. The lowest BCUT2D eigenvalue weighted by atomic mass is 9.88. The van der Waals surface area contributed by atoms with Gasteiger partial charge in [0.15, 0.2) is 6.61 Å². The number of ether oxygens (including phenoxy) is 1. The first-order valence-corrected chi connectivity index (χ1v) is 10.1. The number of halogens is 1. The van der Waals surface area contributed by atoms with Gasteiger partial charge in [-0.3, -0.25) is 9.59 Å². The van der Waals surface area contributed by atoms with E-state index < -0.39 is 17.8 Å². The van der Waals surface area contributed by atoms with Crippen molar-refractivity contribution >= 4 is 40.9 Å². The van der Waals surface area contributed by atoms with Crippen LogP contribution >= 0.6 is 23.4 Å². The van der Waals surface area contributed by atoms with Crippen LogP contribution in [0.1, 0.15) is 25.3 Å². The van der Waals surface area contributed by atoms with Crippen LogP contribution in [0.15, 0.2) is 53.4 Å². The van der Waals surface area contributed by atoms with Crippen LogP contribution in [0.4, 0.5) is 5.69 Å². The highest BCUT2D eigenvalue weighted by Crippen LogP contribution is 2.28. The zero-order valence-corrected chi connectivity index (χ0v) is 17.2. The Hall–Kier alpha value is -2.49. The molecule has 146 valence electrons. The third kappa shape index (κ3) is 6.29. The first kappa shape index (κ1) is 21.8. The lowest BCUT2D eigenvalue weighted by molar-refractivity contribution is -0.149. The highest BCUT2D eigenvalue weighted by Gasteiger charge is 2.26. The number of amides is 1. The molecule has 0 heterocycles. The molecule has 0 aromatic heterocycles. The van der Waals surface area contributed by atoms with Gasteiger partial charge in [-0.1, -0.05) is 49.7 Å². The second kappa shape index (κ2) is 10.7. The molecule has 7 heteroatoms. The first-order valence-electron chi connectivity index (χ1n) is 8.73. The van der Waals surface area contributed by atoms with Crippen molar-refractivity contribution in [1.29, 1.82) is 5.26 Å². The van der Waals surface area contributed by atoms with Crippen molar-refractivity contribution < 1.29 is 14.3 Å². The molecule has 28 heavy (non-hydrogen) atoms. The molecule has 0 aliphatic rings. The van der Waals surface area contributed by atoms with Crippen LogP contribution in [0.2, 0.25) is 5.02 Å². The van der Waals surface area contributed by atoms with Gasteiger partial charge in [0.1, 0.15) is 0 Å². The minimum Gasteiger partial charge on any atom is -0.455 e. The summed E-state index contributed by atoms with van der Waals surface area (Å²) in [5, 5.41) is 12.0. The Labute approximate surface area is 174 Å². The van der Waals surface area contributed by atoms with Crippen molar-refractivity contribution in [3.63, 3.8) is 0 Å². The van der Waals surface area contributed by atoms with Gasteiger partial charge in [-0.05, 0) is 35.7 Å². The summed E-state index contributed by atoms with van der Waals surface area (Å²) >= 11 is 7.24. The molecule has 2 aromatic rings. The quantitative estimate of drug-likeness (QED) is 0.490. The van der Waals surface area contributed by atoms with Gasteiger partial charge >= 0.3 is 5.97 Å². The van der Waals surface area contributed by atoms with E-state index in [1.165, 1.54) is 11.8 Å². The fourth-order valence-electron chi connectivity index (χ4n) is 2.68. The summed E-state index contributed by atoms with van der Waals surface area (Å²) in [6.45, 7) is 3.46. The molecule has 0 saturated heterocycles. The van der Waals surface area contributed by atoms with E-state index in [0.29, 0.717) is 10.7 Å². The lowest BCUT2D eigenvalue weighted by Crippen LogP contribution is -2.26. The average Bonchev–Trinajstić information content (AvgIpc) is 2.67. The van der Waals surface area contributed by atoms with Crippen LogP contribution in [-0.4, -0.2) is 24.2 Å². The standard InChI is InChI=1S/C21H21ClN2O3S/c1-14(2)20(15-7-9-16(22)10-8-15)21(26)27-13-19(25)24-17-5-3-4-6-18(17)28-12-11-23/h3-10,14,20H,12-13H2,1-2H3,(H,24,25)/t20-/m1/s1. The zero-order valence-electron chi connectivity index (χ0n) is 15.6.